The highest BCUT2D eigenvalue weighted by molar-refractivity contribution is 7.92. The summed E-state index contributed by atoms with van der Waals surface area (Å²) in [5, 5.41) is 8.80. The molecule has 0 atom stereocenters. The highest BCUT2D eigenvalue weighted by Crippen LogP contribution is 2.25. The van der Waals surface area contributed by atoms with Crippen molar-refractivity contribution in [2.24, 2.45) is 5.73 Å². The average molecular weight is 340 g/mol. The van der Waals surface area contributed by atoms with Crippen LogP contribution in [0.4, 0.5) is 10.1 Å². The summed E-state index contributed by atoms with van der Waals surface area (Å²) in [6.07, 6.45) is 2.80. The highest BCUT2D eigenvalue weighted by atomic mass is 32.2. The van der Waals surface area contributed by atoms with Crippen LogP contribution in [0, 0.1) is 17.1 Å². The number of anilines is 1. The van der Waals surface area contributed by atoms with Gasteiger partial charge in [0, 0.05) is 25.2 Å². The molecule has 0 saturated carbocycles. The fourth-order valence-electron chi connectivity index (χ4n) is 2.70. The summed E-state index contributed by atoms with van der Waals surface area (Å²) in [5.74, 6) is -0.604. The Balaban J connectivity index is 2.02. The number of likely N-dealkylation sites (tertiary alicyclic amines) is 1. The summed E-state index contributed by atoms with van der Waals surface area (Å²) in [7, 11) is -3.52. The lowest BCUT2D eigenvalue weighted by atomic mass is 9.86. The van der Waals surface area contributed by atoms with Gasteiger partial charge in [0.1, 0.15) is 5.82 Å². The van der Waals surface area contributed by atoms with Crippen LogP contribution in [0.2, 0.25) is 0 Å². The molecule has 1 heterocycles. The molecule has 0 aliphatic carbocycles. The maximum Gasteiger partial charge on any atom is 0.229 e. The predicted molar refractivity (Wildman–Crippen MR) is 86.5 cm³/mol. The van der Waals surface area contributed by atoms with E-state index in [1.54, 1.807) is 6.07 Å². The monoisotopic (exact) mass is 340 g/mol. The molecule has 0 spiro atoms. The number of hydrogen-bond donors (Lipinski definition) is 2. The Hall–Kier alpha value is -1.69. The molecule has 1 aromatic rings. The maximum atomic E-state index is 13.7. The van der Waals surface area contributed by atoms with Gasteiger partial charge in [-0.15, -0.1) is 0 Å². The normalized spacial score (nSPS) is 18.3. The van der Waals surface area contributed by atoms with Crippen LogP contribution in [0.3, 0.4) is 0 Å². The molecule has 2 rings (SSSR count). The third-order valence-corrected chi connectivity index (χ3v) is 4.61. The zero-order valence-electron chi connectivity index (χ0n) is 13.0. The summed E-state index contributed by atoms with van der Waals surface area (Å²) in [6.45, 7) is 2.09. The zero-order valence-corrected chi connectivity index (χ0v) is 13.9. The SMILES string of the molecule is CS(=O)(=O)Nc1cc(CN2CCC(N)(CC#N)CC2)ccc1F. The lowest BCUT2D eigenvalue weighted by molar-refractivity contribution is 0.157. The van der Waals surface area contributed by atoms with Crippen molar-refractivity contribution in [1.82, 2.24) is 4.90 Å². The summed E-state index contributed by atoms with van der Waals surface area (Å²) in [6, 6.07) is 6.54. The van der Waals surface area contributed by atoms with E-state index < -0.39 is 21.4 Å². The van der Waals surface area contributed by atoms with Gasteiger partial charge in [-0.2, -0.15) is 5.26 Å². The summed E-state index contributed by atoms with van der Waals surface area (Å²) >= 11 is 0. The Morgan fingerprint density at radius 3 is 2.65 bits per heavy atom. The average Bonchev–Trinajstić information content (AvgIpc) is 2.44. The zero-order chi connectivity index (χ0) is 17.1. The molecule has 1 aliphatic rings. The van der Waals surface area contributed by atoms with E-state index in [0.29, 0.717) is 13.0 Å². The van der Waals surface area contributed by atoms with Crippen LogP contribution in [0.1, 0.15) is 24.8 Å². The van der Waals surface area contributed by atoms with Crippen LogP contribution in [-0.4, -0.2) is 38.2 Å². The standard InChI is InChI=1S/C15H21FN4O2S/c1-23(21,22)19-14-10-12(2-3-13(14)16)11-20-8-5-15(18,4-7-17)6-9-20/h2-3,10,19H,4-6,8-9,11,18H2,1H3. The van der Waals surface area contributed by atoms with Gasteiger partial charge < -0.3 is 5.73 Å². The predicted octanol–water partition coefficient (Wildman–Crippen LogP) is 1.40. The van der Waals surface area contributed by atoms with Crippen molar-refractivity contribution in [3.63, 3.8) is 0 Å². The molecule has 1 saturated heterocycles. The van der Waals surface area contributed by atoms with Gasteiger partial charge in [0.2, 0.25) is 10.0 Å². The van der Waals surface area contributed by atoms with E-state index in [1.165, 1.54) is 12.1 Å². The van der Waals surface area contributed by atoms with Crippen LogP contribution in [0.15, 0.2) is 18.2 Å². The second-order valence-corrected chi connectivity index (χ2v) is 7.91. The molecule has 0 bridgehead atoms. The summed E-state index contributed by atoms with van der Waals surface area (Å²) in [5.41, 5.74) is 6.52. The number of benzene rings is 1. The van der Waals surface area contributed by atoms with Crippen LogP contribution in [0.25, 0.3) is 0 Å². The molecule has 0 amide bonds. The van der Waals surface area contributed by atoms with Gasteiger partial charge in [0.05, 0.1) is 24.4 Å². The van der Waals surface area contributed by atoms with Gasteiger partial charge in [0.15, 0.2) is 0 Å². The van der Waals surface area contributed by atoms with Crippen molar-refractivity contribution in [3.05, 3.63) is 29.6 Å². The summed E-state index contributed by atoms with van der Waals surface area (Å²) < 4.78 is 38.4. The number of nitrogens with zero attached hydrogens (tertiary/aromatic N) is 2. The first-order valence-electron chi connectivity index (χ1n) is 7.35. The first-order valence-corrected chi connectivity index (χ1v) is 9.24. The Morgan fingerprint density at radius 1 is 1.43 bits per heavy atom. The molecule has 0 aromatic heterocycles. The molecule has 23 heavy (non-hydrogen) atoms. The van der Waals surface area contributed by atoms with E-state index in [9.17, 15) is 12.8 Å². The number of nitriles is 1. The fraction of sp³-hybridized carbons (Fsp3) is 0.533. The molecule has 1 aliphatic heterocycles. The number of halogens is 1. The second-order valence-electron chi connectivity index (χ2n) is 6.16. The molecule has 0 unspecified atom stereocenters. The molecule has 1 fully saturated rings. The third kappa shape index (κ3) is 5.16. The van der Waals surface area contributed by atoms with Crippen molar-refractivity contribution in [3.8, 4) is 6.07 Å². The maximum absolute atomic E-state index is 13.7. The molecule has 8 heteroatoms. The van der Waals surface area contributed by atoms with Crippen LogP contribution >= 0.6 is 0 Å². The number of nitrogens with two attached hydrogens (primary N) is 1. The Morgan fingerprint density at radius 2 is 2.09 bits per heavy atom. The van der Waals surface area contributed by atoms with E-state index in [4.69, 9.17) is 11.0 Å². The van der Waals surface area contributed by atoms with Crippen LogP contribution in [0.5, 0.6) is 0 Å². The first-order chi connectivity index (χ1) is 10.7. The Bertz CT molecular complexity index is 707. The van der Waals surface area contributed by atoms with Crippen molar-refractivity contribution in [1.29, 1.82) is 5.26 Å². The van der Waals surface area contributed by atoms with Crippen molar-refractivity contribution in [2.45, 2.75) is 31.3 Å². The number of nitrogens with one attached hydrogen (secondary N) is 1. The van der Waals surface area contributed by atoms with E-state index in [-0.39, 0.29) is 5.69 Å². The Kier molecular flexibility index (Phi) is 5.24. The van der Waals surface area contributed by atoms with Gasteiger partial charge in [-0.25, -0.2) is 12.8 Å². The highest BCUT2D eigenvalue weighted by Gasteiger charge is 2.30. The summed E-state index contributed by atoms with van der Waals surface area (Å²) in [4.78, 5) is 2.17. The number of hydrogen-bond acceptors (Lipinski definition) is 5. The fourth-order valence-corrected chi connectivity index (χ4v) is 3.25. The van der Waals surface area contributed by atoms with Crippen LogP contribution < -0.4 is 10.5 Å². The lowest BCUT2D eigenvalue weighted by Gasteiger charge is -2.37. The number of piperidine rings is 1. The number of rotatable bonds is 5. The molecular formula is C15H21FN4O2S. The molecule has 0 radical (unpaired) electrons. The van der Waals surface area contributed by atoms with Gasteiger partial charge in [-0.3, -0.25) is 9.62 Å². The molecule has 6 nitrogen and oxygen atoms in total. The smallest absolute Gasteiger partial charge is 0.229 e. The van der Waals surface area contributed by atoms with E-state index in [1.807, 2.05) is 0 Å². The molecule has 3 N–H and O–H groups in total. The van der Waals surface area contributed by atoms with E-state index in [2.05, 4.69) is 15.7 Å². The molecule has 1 aromatic carbocycles. The Labute approximate surface area is 136 Å². The van der Waals surface area contributed by atoms with Gasteiger partial charge in [-0.1, -0.05) is 6.07 Å². The van der Waals surface area contributed by atoms with Gasteiger partial charge in [-0.05, 0) is 30.5 Å². The minimum Gasteiger partial charge on any atom is -0.324 e. The van der Waals surface area contributed by atoms with E-state index in [0.717, 1.165) is 37.8 Å². The van der Waals surface area contributed by atoms with Gasteiger partial charge >= 0.3 is 0 Å². The minimum atomic E-state index is -3.52. The molecular weight excluding hydrogens is 319 g/mol. The van der Waals surface area contributed by atoms with Crippen molar-refractivity contribution >= 4 is 15.7 Å². The molecule has 126 valence electrons. The van der Waals surface area contributed by atoms with E-state index >= 15 is 0 Å². The third-order valence-electron chi connectivity index (χ3n) is 4.02. The quantitative estimate of drug-likeness (QED) is 0.844. The minimum absolute atomic E-state index is 0.0420. The first kappa shape index (κ1) is 17.7. The topological polar surface area (TPSA) is 99.2 Å². The van der Waals surface area contributed by atoms with Crippen molar-refractivity contribution < 1.29 is 12.8 Å². The van der Waals surface area contributed by atoms with Crippen LogP contribution in [-0.2, 0) is 16.6 Å². The number of sulfonamides is 1. The largest absolute Gasteiger partial charge is 0.324 e. The second kappa shape index (κ2) is 6.83. The van der Waals surface area contributed by atoms with Crippen molar-refractivity contribution in [2.75, 3.05) is 24.1 Å². The lowest BCUT2D eigenvalue weighted by Crippen LogP contribution is -2.49. The van der Waals surface area contributed by atoms with Gasteiger partial charge in [0.25, 0.3) is 0 Å².